The summed E-state index contributed by atoms with van der Waals surface area (Å²) >= 11 is 0. The lowest BCUT2D eigenvalue weighted by Crippen LogP contribution is -2.13. The number of para-hydroxylation sites is 1. The maximum Gasteiger partial charge on any atom is 0.261 e. The molecule has 0 fully saturated rings. The van der Waals surface area contributed by atoms with Crippen molar-refractivity contribution in [3.05, 3.63) is 54.2 Å². The van der Waals surface area contributed by atoms with E-state index < -0.39 is 19.9 Å². The van der Waals surface area contributed by atoms with Crippen LogP contribution in [0.4, 0.5) is 5.69 Å². The van der Waals surface area contributed by atoms with Crippen LogP contribution in [0.3, 0.4) is 0 Å². The number of sulfone groups is 1. The standard InChI is InChI=1S/C16H16N2O4S2/c1-11-10-17-16-14(11)4-3-5-15(16)18-24(21,22)13-8-6-12(7-9-13)23(2,19)20/h3-10,17-18H,1-2H3. The number of fused-ring (bicyclic) bond motifs is 1. The van der Waals surface area contributed by atoms with Gasteiger partial charge in [0.05, 0.1) is 21.0 Å². The van der Waals surface area contributed by atoms with Crippen LogP contribution in [0.1, 0.15) is 5.56 Å². The van der Waals surface area contributed by atoms with Gasteiger partial charge in [0.25, 0.3) is 10.0 Å². The third kappa shape index (κ3) is 3.02. The van der Waals surface area contributed by atoms with Crippen LogP contribution in [0.5, 0.6) is 0 Å². The molecular formula is C16H16N2O4S2. The molecule has 2 N–H and O–H groups in total. The van der Waals surface area contributed by atoms with Crippen LogP contribution in [0, 0.1) is 6.92 Å². The van der Waals surface area contributed by atoms with Gasteiger partial charge in [0, 0.05) is 17.8 Å². The summed E-state index contributed by atoms with van der Waals surface area (Å²) in [4.78, 5) is 3.12. The highest BCUT2D eigenvalue weighted by molar-refractivity contribution is 7.92. The smallest absolute Gasteiger partial charge is 0.261 e. The summed E-state index contributed by atoms with van der Waals surface area (Å²) < 4.78 is 50.5. The van der Waals surface area contributed by atoms with Crippen molar-refractivity contribution >= 4 is 36.5 Å². The third-order valence-corrected chi connectivity index (χ3v) is 6.24. The summed E-state index contributed by atoms with van der Waals surface area (Å²) in [6.45, 7) is 1.93. The van der Waals surface area contributed by atoms with Gasteiger partial charge in [-0.05, 0) is 42.8 Å². The molecule has 24 heavy (non-hydrogen) atoms. The molecule has 0 saturated heterocycles. The number of H-pyrrole nitrogens is 1. The first-order valence-corrected chi connectivity index (χ1v) is 10.5. The zero-order chi connectivity index (χ0) is 17.5. The normalized spacial score (nSPS) is 12.4. The number of hydrogen-bond donors (Lipinski definition) is 2. The van der Waals surface area contributed by atoms with Crippen LogP contribution in [0.25, 0.3) is 10.9 Å². The fraction of sp³-hybridized carbons (Fsp3) is 0.125. The number of benzene rings is 2. The van der Waals surface area contributed by atoms with Gasteiger partial charge in [-0.3, -0.25) is 4.72 Å². The maximum absolute atomic E-state index is 12.5. The molecule has 1 aromatic heterocycles. The van der Waals surface area contributed by atoms with Crippen molar-refractivity contribution in [1.29, 1.82) is 0 Å². The molecular weight excluding hydrogens is 348 g/mol. The number of aryl methyl sites for hydroxylation is 1. The van der Waals surface area contributed by atoms with Gasteiger partial charge in [-0.15, -0.1) is 0 Å². The molecule has 126 valence electrons. The highest BCUT2D eigenvalue weighted by Gasteiger charge is 2.17. The number of rotatable bonds is 4. The molecule has 2 aromatic carbocycles. The highest BCUT2D eigenvalue weighted by atomic mass is 32.2. The summed E-state index contributed by atoms with van der Waals surface area (Å²) in [6, 6.07) is 10.5. The van der Waals surface area contributed by atoms with E-state index in [1.807, 2.05) is 19.2 Å². The Balaban J connectivity index is 1.99. The Labute approximate surface area is 140 Å². The van der Waals surface area contributed by atoms with Gasteiger partial charge in [0.1, 0.15) is 0 Å². The van der Waals surface area contributed by atoms with Crippen LogP contribution in [0.15, 0.2) is 58.5 Å². The number of aromatic nitrogens is 1. The van der Waals surface area contributed by atoms with Crippen molar-refractivity contribution < 1.29 is 16.8 Å². The predicted molar refractivity (Wildman–Crippen MR) is 93.4 cm³/mol. The predicted octanol–water partition coefficient (Wildman–Crippen LogP) is 2.68. The fourth-order valence-corrected chi connectivity index (χ4v) is 4.15. The molecule has 3 rings (SSSR count). The topological polar surface area (TPSA) is 96.1 Å². The Bertz CT molecular complexity index is 1110. The van der Waals surface area contributed by atoms with E-state index in [0.717, 1.165) is 17.2 Å². The minimum atomic E-state index is -3.82. The van der Waals surface area contributed by atoms with Crippen LogP contribution < -0.4 is 4.72 Å². The first-order chi connectivity index (χ1) is 11.2. The lowest BCUT2D eigenvalue weighted by atomic mass is 10.2. The second kappa shape index (κ2) is 5.64. The van der Waals surface area contributed by atoms with Gasteiger partial charge in [0.15, 0.2) is 9.84 Å². The molecule has 0 atom stereocenters. The van der Waals surface area contributed by atoms with E-state index in [2.05, 4.69) is 9.71 Å². The molecule has 1 heterocycles. The Kier molecular flexibility index (Phi) is 3.89. The summed E-state index contributed by atoms with van der Waals surface area (Å²) in [5.41, 5.74) is 2.16. The number of anilines is 1. The Morgan fingerprint density at radius 1 is 0.917 bits per heavy atom. The van der Waals surface area contributed by atoms with Gasteiger partial charge >= 0.3 is 0 Å². The van der Waals surface area contributed by atoms with Gasteiger partial charge < -0.3 is 4.98 Å². The van der Waals surface area contributed by atoms with E-state index in [1.54, 1.807) is 12.1 Å². The van der Waals surface area contributed by atoms with E-state index in [1.165, 1.54) is 24.3 Å². The van der Waals surface area contributed by atoms with Crippen LogP contribution in [0.2, 0.25) is 0 Å². The Hall–Kier alpha value is -2.32. The SMILES string of the molecule is Cc1c[nH]c2c(NS(=O)(=O)c3ccc(S(C)(=O)=O)cc3)cccc12. The zero-order valence-electron chi connectivity index (χ0n) is 13.1. The quantitative estimate of drug-likeness (QED) is 0.744. The highest BCUT2D eigenvalue weighted by Crippen LogP contribution is 2.27. The molecule has 6 nitrogen and oxygen atoms in total. The first kappa shape index (κ1) is 16.5. The molecule has 0 saturated carbocycles. The summed E-state index contributed by atoms with van der Waals surface area (Å²) in [5.74, 6) is 0. The molecule has 0 aliphatic rings. The van der Waals surface area contributed by atoms with Gasteiger partial charge in [-0.1, -0.05) is 12.1 Å². The summed E-state index contributed by atoms with van der Waals surface area (Å²) in [7, 11) is -7.19. The molecule has 0 aliphatic carbocycles. The first-order valence-electron chi connectivity index (χ1n) is 7.08. The van der Waals surface area contributed by atoms with Crippen molar-refractivity contribution in [2.75, 3.05) is 11.0 Å². The number of aromatic amines is 1. The van der Waals surface area contributed by atoms with Crippen molar-refractivity contribution in [3.63, 3.8) is 0 Å². The second-order valence-corrected chi connectivity index (χ2v) is 9.25. The molecule has 8 heteroatoms. The fourth-order valence-electron chi connectivity index (χ4n) is 2.45. The Morgan fingerprint density at radius 3 is 2.17 bits per heavy atom. The van der Waals surface area contributed by atoms with Crippen LogP contribution in [-0.2, 0) is 19.9 Å². The zero-order valence-corrected chi connectivity index (χ0v) is 14.7. The molecule has 0 bridgehead atoms. The molecule has 0 unspecified atom stereocenters. The third-order valence-electron chi connectivity index (χ3n) is 3.73. The molecule has 0 spiro atoms. The van der Waals surface area contributed by atoms with Crippen molar-refractivity contribution in [2.45, 2.75) is 16.7 Å². The van der Waals surface area contributed by atoms with E-state index in [-0.39, 0.29) is 9.79 Å². The number of hydrogen-bond acceptors (Lipinski definition) is 4. The number of nitrogens with one attached hydrogen (secondary N) is 2. The average molecular weight is 364 g/mol. The minimum Gasteiger partial charge on any atom is -0.359 e. The van der Waals surface area contributed by atoms with E-state index in [0.29, 0.717) is 11.2 Å². The Morgan fingerprint density at radius 2 is 1.54 bits per heavy atom. The summed E-state index contributed by atoms with van der Waals surface area (Å²) in [5, 5.41) is 0.933. The van der Waals surface area contributed by atoms with Crippen molar-refractivity contribution in [2.24, 2.45) is 0 Å². The summed E-state index contributed by atoms with van der Waals surface area (Å²) in [6.07, 6.45) is 2.88. The van der Waals surface area contributed by atoms with Crippen LogP contribution in [-0.4, -0.2) is 28.1 Å². The minimum absolute atomic E-state index is 0.00446. The second-order valence-electron chi connectivity index (χ2n) is 5.55. The van der Waals surface area contributed by atoms with Crippen LogP contribution >= 0.6 is 0 Å². The molecule has 0 radical (unpaired) electrons. The molecule has 3 aromatic rings. The molecule has 0 amide bonds. The monoisotopic (exact) mass is 364 g/mol. The van der Waals surface area contributed by atoms with Crippen molar-refractivity contribution in [1.82, 2.24) is 4.98 Å². The largest absolute Gasteiger partial charge is 0.359 e. The molecule has 0 aliphatic heterocycles. The van der Waals surface area contributed by atoms with Gasteiger partial charge in [0.2, 0.25) is 0 Å². The van der Waals surface area contributed by atoms with Crippen molar-refractivity contribution in [3.8, 4) is 0 Å². The lowest BCUT2D eigenvalue weighted by molar-refractivity contribution is 0.597. The van der Waals surface area contributed by atoms with E-state index >= 15 is 0 Å². The van der Waals surface area contributed by atoms with E-state index in [9.17, 15) is 16.8 Å². The average Bonchev–Trinajstić information content (AvgIpc) is 2.89. The number of sulfonamides is 1. The lowest BCUT2D eigenvalue weighted by Gasteiger charge is -2.10. The maximum atomic E-state index is 12.5. The van der Waals surface area contributed by atoms with Gasteiger partial charge in [-0.2, -0.15) is 0 Å². The van der Waals surface area contributed by atoms with E-state index in [4.69, 9.17) is 0 Å². The van der Waals surface area contributed by atoms with Gasteiger partial charge in [-0.25, -0.2) is 16.8 Å².